The Bertz CT molecular complexity index is 2180. The molecule has 4 atom stereocenters. The summed E-state index contributed by atoms with van der Waals surface area (Å²) in [5.74, 6) is 1.60. The number of nitrogens with zero attached hydrogens (tertiary/aromatic N) is 6. The minimum Gasteiger partial charge on any atom is -0.497 e. The van der Waals surface area contributed by atoms with E-state index in [0.29, 0.717) is 29.0 Å². The molecule has 312 valence electrons. The van der Waals surface area contributed by atoms with E-state index in [1.54, 1.807) is 37.7 Å². The van der Waals surface area contributed by atoms with E-state index in [2.05, 4.69) is 60.5 Å². The van der Waals surface area contributed by atoms with Crippen LogP contribution in [0.3, 0.4) is 0 Å². The molecule has 4 unspecified atom stereocenters. The average Bonchev–Trinajstić information content (AvgIpc) is 3.85. The third-order valence-corrected chi connectivity index (χ3v) is 12.2. The quantitative estimate of drug-likeness (QED) is 0.0285. The molecule has 15 heteroatoms. The van der Waals surface area contributed by atoms with E-state index >= 15 is 0 Å². The summed E-state index contributed by atoms with van der Waals surface area (Å²) in [6, 6.07) is 29.9. The predicted octanol–water partition coefficient (Wildman–Crippen LogP) is 7.92. The minimum absolute atomic E-state index is 0.0809. The van der Waals surface area contributed by atoms with Crippen molar-refractivity contribution in [2.24, 2.45) is 4.99 Å². The van der Waals surface area contributed by atoms with Crippen LogP contribution in [0.2, 0.25) is 0 Å². The van der Waals surface area contributed by atoms with Gasteiger partial charge in [-0.25, -0.2) is 9.66 Å². The highest BCUT2D eigenvalue weighted by molar-refractivity contribution is 7.44. The van der Waals surface area contributed by atoms with Gasteiger partial charge in [-0.2, -0.15) is 10.2 Å². The van der Waals surface area contributed by atoms with Gasteiger partial charge in [0.25, 0.3) is 14.1 Å². The van der Waals surface area contributed by atoms with Crippen LogP contribution in [0.1, 0.15) is 63.5 Å². The maximum absolute atomic E-state index is 13.2. The predicted molar refractivity (Wildman–Crippen MR) is 229 cm³/mol. The van der Waals surface area contributed by atoms with Gasteiger partial charge in [0.1, 0.15) is 29.4 Å². The summed E-state index contributed by atoms with van der Waals surface area (Å²) >= 11 is 0. The smallest absolute Gasteiger partial charge is 0.261 e. The lowest BCUT2D eigenvalue weighted by Crippen LogP contribution is -2.39. The van der Waals surface area contributed by atoms with Gasteiger partial charge in [0.2, 0.25) is 5.95 Å². The van der Waals surface area contributed by atoms with E-state index in [4.69, 9.17) is 33.0 Å². The summed E-state index contributed by atoms with van der Waals surface area (Å²) in [4.78, 5) is 26.8. The monoisotopic (exact) mass is 823 g/mol. The number of aliphatic imine (C=N–C) groups is 1. The molecular formula is C44H54N7O7P. The Kier molecular flexibility index (Phi) is 14.5. The van der Waals surface area contributed by atoms with Crippen LogP contribution in [0.15, 0.2) is 101 Å². The van der Waals surface area contributed by atoms with Crippen LogP contribution < -0.4 is 15.0 Å². The fourth-order valence-electron chi connectivity index (χ4n) is 7.32. The van der Waals surface area contributed by atoms with Crippen molar-refractivity contribution in [1.82, 2.24) is 24.1 Å². The summed E-state index contributed by atoms with van der Waals surface area (Å²) < 4.78 is 42.9. The van der Waals surface area contributed by atoms with Gasteiger partial charge in [0.15, 0.2) is 5.65 Å². The second kappa shape index (κ2) is 19.7. The number of rotatable bonds is 19. The van der Waals surface area contributed by atoms with Crippen LogP contribution >= 0.6 is 8.53 Å². The van der Waals surface area contributed by atoms with Crippen LogP contribution in [0.25, 0.3) is 11.0 Å². The Balaban J connectivity index is 1.45. The van der Waals surface area contributed by atoms with Crippen molar-refractivity contribution in [3.05, 3.63) is 118 Å². The Hall–Kier alpha value is -5.13. The molecule has 6 rings (SSSR count). The molecule has 0 bridgehead atoms. The lowest BCUT2D eigenvalue weighted by atomic mass is 9.80. The van der Waals surface area contributed by atoms with Gasteiger partial charge in [-0.15, -0.1) is 0 Å². The largest absolute Gasteiger partial charge is 0.497 e. The van der Waals surface area contributed by atoms with E-state index in [-0.39, 0.29) is 43.2 Å². The molecular weight excluding hydrogens is 769 g/mol. The number of ether oxygens (including phenoxy) is 4. The molecule has 1 N–H and O–H groups in total. The number of nitriles is 1. The maximum Gasteiger partial charge on any atom is 0.261 e. The van der Waals surface area contributed by atoms with E-state index in [1.165, 1.54) is 0 Å². The topological polar surface area (TPSA) is 149 Å². The Labute approximate surface area is 347 Å². The first-order valence-corrected chi connectivity index (χ1v) is 20.8. The molecule has 5 aromatic rings. The van der Waals surface area contributed by atoms with Gasteiger partial charge in [-0.05, 0) is 74.7 Å². The number of aromatic nitrogens is 3. The number of benzene rings is 3. The van der Waals surface area contributed by atoms with Crippen molar-refractivity contribution in [2.45, 2.75) is 76.7 Å². The molecule has 0 radical (unpaired) electrons. The summed E-state index contributed by atoms with van der Waals surface area (Å²) in [7, 11) is 5.31. The van der Waals surface area contributed by atoms with E-state index in [9.17, 15) is 10.1 Å². The molecule has 3 aromatic carbocycles. The first-order chi connectivity index (χ1) is 28.5. The zero-order valence-electron chi connectivity index (χ0n) is 34.9. The normalized spacial score (nSPS) is 17.6. The van der Waals surface area contributed by atoms with Gasteiger partial charge >= 0.3 is 0 Å². The lowest BCUT2D eigenvalue weighted by molar-refractivity contribution is -0.0911. The van der Waals surface area contributed by atoms with Gasteiger partial charge in [-0.3, -0.25) is 9.78 Å². The number of H-pyrrole nitrogens is 1. The number of nitrogens with one attached hydrogen (secondary N) is 1. The highest BCUT2D eigenvalue weighted by Gasteiger charge is 2.45. The summed E-state index contributed by atoms with van der Waals surface area (Å²) in [5.41, 5.74) is 1.66. The van der Waals surface area contributed by atoms with Crippen molar-refractivity contribution < 1.29 is 28.0 Å². The van der Waals surface area contributed by atoms with Crippen LogP contribution in [0, 0.1) is 11.3 Å². The lowest BCUT2D eigenvalue weighted by Gasteiger charge is -2.39. The van der Waals surface area contributed by atoms with Crippen molar-refractivity contribution in [1.29, 1.82) is 5.26 Å². The number of aromatic amines is 1. The van der Waals surface area contributed by atoms with Gasteiger partial charge in [0, 0.05) is 38.8 Å². The Morgan fingerprint density at radius 3 is 2.14 bits per heavy atom. The van der Waals surface area contributed by atoms with Crippen LogP contribution in [0.4, 0.5) is 5.95 Å². The van der Waals surface area contributed by atoms with E-state index in [1.807, 2.05) is 85.4 Å². The zero-order chi connectivity index (χ0) is 42.1. The molecule has 0 saturated carbocycles. The third kappa shape index (κ3) is 9.85. The standard InChI is InChI=1S/C44H54N7O7P/c1-30(2)51(31(3)4)59(56-26-12-24-45)58-38-27-40(50-25-23-37-41(50)47-43(48-42(37)52)46-29-49(5)6)57-39(38)28-55-44(32-13-10-9-11-14-32,33-15-19-35(53-7)20-16-33)34-17-21-36(54-8)22-18-34/h9-11,13-23,25,29-31,38-40H,12,26-28H2,1-8H3,(H,47,48,52). The molecule has 3 heterocycles. The minimum atomic E-state index is -1.65. The molecule has 0 aliphatic carbocycles. The van der Waals surface area contributed by atoms with Gasteiger partial charge in [-0.1, -0.05) is 54.6 Å². The molecule has 1 saturated heterocycles. The third-order valence-electron chi connectivity index (χ3n) is 10.00. The highest BCUT2D eigenvalue weighted by atomic mass is 31.2. The zero-order valence-corrected chi connectivity index (χ0v) is 35.8. The molecule has 1 aliphatic rings. The van der Waals surface area contributed by atoms with Crippen molar-refractivity contribution in [3.8, 4) is 17.6 Å². The first-order valence-electron chi connectivity index (χ1n) is 19.7. The SMILES string of the molecule is COc1ccc(C(OCC2OC(n3ccc4c(=O)[nH]c(N=CN(C)C)nc43)CC2OP(OCCC#N)N(C(C)C)C(C)C)(c2ccccc2)c2ccc(OC)cc2)cc1. The fraction of sp³-hybridized carbons (Fsp3) is 0.409. The van der Waals surface area contributed by atoms with Crippen molar-refractivity contribution in [2.75, 3.05) is 41.5 Å². The maximum atomic E-state index is 13.2. The van der Waals surface area contributed by atoms with Crippen LogP contribution in [-0.4, -0.2) is 96.3 Å². The number of methoxy groups -OCH3 is 2. The molecule has 0 amide bonds. The molecule has 14 nitrogen and oxygen atoms in total. The number of fused-ring (bicyclic) bond motifs is 1. The highest BCUT2D eigenvalue weighted by Crippen LogP contribution is 2.51. The second-order valence-corrected chi connectivity index (χ2v) is 16.3. The molecule has 2 aromatic heterocycles. The molecule has 1 fully saturated rings. The number of hydrogen-bond donors (Lipinski definition) is 1. The fourth-order valence-corrected chi connectivity index (χ4v) is 9.08. The Morgan fingerprint density at radius 1 is 0.966 bits per heavy atom. The van der Waals surface area contributed by atoms with Gasteiger partial charge < -0.3 is 37.5 Å². The first kappa shape index (κ1) is 43.4. The van der Waals surface area contributed by atoms with E-state index in [0.717, 1.165) is 16.7 Å². The summed E-state index contributed by atoms with van der Waals surface area (Å²) in [5, 5.41) is 9.81. The number of hydrogen-bond acceptors (Lipinski definition) is 11. The molecule has 59 heavy (non-hydrogen) atoms. The van der Waals surface area contributed by atoms with Crippen LogP contribution in [0.5, 0.6) is 11.5 Å². The summed E-state index contributed by atoms with van der Waals surface area (Å²) in [6.07, 6.45) is 2.23. The average molecular weight is 824 g/mol. The Morgan fingerprint density at radius 2 is 1.58 bits per heavy atom. The van der Waals surface area contributed by atoms with E-state index < -0.39 is 32.6 Å². The molecule has 0 spiro atoms. The van der Waals surface area contributed by atoms with Crippen LogP contribution in [-0.2, 0) is 24.1 Å². The molecule has 1 aliphatic heterocycles. The van der Waals surface area contributed by atoms with Crippen molar-refractivity contribution in [3.63, 3.8) is 0 Å². The second-order valence-electron chi connectivity index (χ2n) is 14.9. The summed E-state index contributed by atoms with van der Waals surface area (Å²) in [6.45, 7) is 8.71. The van der Waals surface area contributed by atoms with Crippen molar-refractivity contribution >= 4 is 31.8 Å². The van der Waals surface area contributed by atoms with Gasteiger partial charge in [0.05, 0.1) is 57.8 Å².